The topological polar surface area (TPSA) is 59.1 Å². The first kappa shape index (κ1) is 14.1. The maximum absolute atomic E-state index is 5.63. The smallest absolute Gasteiger partial charge is 0.224 e. The van der Waals surface area contributed by atoms with Crippen LogP contribution in [0.1, 0.15) is 12.0 Å². The molecule has 0 unspecified atom stereocenters. The van der Waals surface area contributed by atoms with Crippen LogP contribution in [0, 0.1) is 6.92 Å². The van der Waals surface area contributed by atoms with Crippen molar-refractivity contribution >= 4 is 11.8 Å². The molecule has 0 saturated heterocycles. The highest BCUT2D eigenvalue weighted by atomic mass is 16.5. The highest BCUT2D eigenvalue weighted by Crippen LogP contribution is 2.12. The zero-order valence-electron chi connectivity index (χ0n) is 11.9. The van der Waals surface area contributed by atoms with E-state index in [1.54, 1.807) is 0 Å². The Morgan fingerprint density at radius 3 is 2.75 bits per heavy atom. The summed E-state index contributed by atoms with van der Waals surface area (Å²) in [5, 5.41) is 6.23. The zero-order chi connectivity index (χ0) is 14.2. The van der Waals surface area contributed by atoms with Gasteiger partial charge < -0.3 is 15.4 Å². The van der Waals surface area contributed by atoms with E-state index in [0.29, 0.717) is 12.6 Å². The number of ether oxygens (including phenoxy) is 1. The van der Waals surface area contributed by atoms with Crippen LogP contribution < -0.4 is 15.4 Å². The molecule has 0 aliphatic rings. The Labute approximate surface area is 119 Å². The maximum Gasteiger partial charge on any atom is 0.224 e. The highest BCUT2D eigenvalue weighted by molar-refractivity contribution is 5.46. The van der Waals surface area contributed by atoms with E-state index >= 15 is 0 Å². The van der Waals surface area contributed by atoms with Gasteiger partial charge in [-0.2, -0.15) is 4.98 Å². The predicted molar refractivity (Wildman–Crippen MR) is 81.4 cm³/mol. The number of benzene rings is 1. The van der Waals surface area contributed by atoms with Gasteiger partial charge in [0.2, 0.25) is 5.95 Å². The van der Waals surface area contributed by atoms with E-state index in [-0.39, 0.29) is 0 Å². The van der Waals surface area contributed by atoms with Crippen molar-refractivity contribution in [3.8, 4) is 5.75 Å². The van der Waals surface area contributed by atoms with Gasteiger partial charge in [0.05, 0.1) is 6.61 Å². The molecule has 1 aromatic heterocycles. The van der Waals surface area contributed by atoms with Crippen LogP contribution in [0.5, 0.6) is 5.75 Å². The predicted octanol–water partition coefficient (Wildman–Crippen LogP) is 2.71. The number of hydrogen-bond donors (Lipinski definition) is 2. The third-order valence-corrected chi connectivity index (χ3v) is 2.82. The van der Waals surface area contributed by atoms with Gasteiger partial charge in [0.1, 0.15) is 11.6 Å². The highest BCUT2D eigenvalue weighted by Gasteiger charge is 2.01. The number of aryl methyl sites for hydroxylation is 1. The third kappa shape index (κ3) is 4.12. The van der Waals surface area contributed by atoms with E-state index in [1.165, 1.54) is 0 Å². The van der Waals surface area contributed by atoms with Gasteiger partial charge in [-0.1, -0.05) is 18.2 Å². The fourth-order valence-corrected chi connectivity index (χ4v) is 1.73. The zero-order valence-corrected chi connectivity index (χ0v) is 11.9. The summed E-state index contributed by atoms with van der Waals surface area (Å²) in [6, 6.07) is 9.84. The molecule has 5 heteroatoms. The van der Waals surface area contributed by atoms with Gasteiger partial charge in [-0.15, -0.1) is 0 Å². The molecule has 0 aliphatic carbocycles. The van der Waals surface area contributed by atoms with Gasteiger partial charge in [0, 0.05) is 25.4 Å². The molecular formula is C15H20N4O. The van der Waals surface area contributed by atoms with Crippen LogP contribution in [-0.2, 0) is 0 Å². The minimum Gasteiger partial charge on any atom is -0.494 e. The molecule has 106 valence electrons. The lowest BCUT2D eigenvalue weighted by Crippen LogP contribution is -2.10. The number of hydrogen-bond acceptors (Lipinski definition) is 5. The van der Waals surface area contributed by atoms with Gasteiger partial charge in [0.15, 0.2) is 0 Å². The number of nitrogens with one attached hydrogen (secondary N) is 2. The van der Waals surface area contributed by atoms with Gasteiger partial charge in [-0.05, 0) is 25.5 Å². The Hall–Kier alpha value is -2.30. The minimum atomic E-state index is 0.624. The van der Waals surface area contributed by atoms with E-state index in [4.69, 9.17) is 4.74 Å². The van der Waals surface area contributed by atoms with Crippen LogP contribution >= 0.6 is 0 Å². The molecule has 0 atom stereocenters. The molecule has 0 fully saturated rings. The monoisotopic (exact) mass is 272 g/mol. The Balaban J connectivity index is 1.73. The lowest BCUT2D eigenvalue weighted by atomic mass is 10.3. The summed E-state index contributed by atoms with van der Waals surface area (Å²) in [7, 11) is 1.81. The number of para-hydroxylation sites is 1. The standard InChI is InChI=1S/C15H20N4O/c1-12-11-18-15(16-2)19-14(12)17-9-6-10-20-13-7-4-3-5-8-13/h3-5,7-8,11H,6,9-10H2,1-2H3,(H2,16,17,18,19). The Morgan fingerprint density at radius 1 is 1.20 bits per heavy atom. The van der Waals surface area contributed by atoms with Gasteiger partial charge in [-0.25, -0.2) is 4.98 Å². The molecule has 20 heavy (non-hydrogen) atoms. The summed E-state index contributed by atoms with van der Waals surface area (Å²) in [6.45, 7) is 3.48. The second-order valence-corrected chi connectivity index (χ2v) is 4.42. The van der Waals surface area contributed by atoms with E-state index < -0.39 is 0 Å². The summed E-state index contributed by atoms with van der Waals surface area (Å²) < 4.78 is 5.63. The Morgan fingerprint density at radius 2 is 2.00 bits per heavy atom. The number of aromatic nitrogens is 2. The number of anilines is 2. The molecule has 0 spiro atoms. The van der Waals surface area contributed by atoms with Crippen LogP contribution in [-0.4, -0.2) is 30.2 Å². The van der Waals surface area contributed by atoms with Crippen molar-refractivity contribution in [3.05, 3.63) is 42.1 Å². The van der Waals surface area contributed by atoms with Crippen molar-refractivity contribution in [1.82, 2.24) is 9.97 Å². The Bertz CT molecular complexity index is 531. The van der Waals surface area contributed by atoms with E-state index in [0.717, 1.165) is 30.1 Å². The number of rotatable bonds is 7. The molecule has 2 N–H and O–H groups in total. The van der Waals surface area contributed by atoms with Crippen molar-refractivity contribution in [3.63, 3.8) is 0 Å². The van der Waals surface area contributed by atoms with Crippen LogP contribution in [0.4, 0.5) is 11.8 Å². The van der Waals surface area contributed by atoms with E-state index in [2.05, 4.69) is 20.6 Å². The fraction of sp³-hybridized carbons (Fsp3) is 0.333. The van der Waals surface area contributed by atoms with Gasteiger partial charge >= 0.3 is 0 Å². The molecule has 2 aromatic rings. The summed E-state index contributed by atoms with van der Waals surface area (Å²) in [5.74, 6) is 2.39. The van der Waals surface area contributed by atoms with Crippen molar-refractivity contribution in [2.75, 3.05) is 30.8 Å². The first-order chi connectivity index (χ1) is 9.79. The maximum atomic E-state index is 5.63. The van der Waals surface area contributed by atoms with Crippen molar-refractivity contribution in [1.29, 1.82) is 0 Å². The minimum absolute atomic E-state index is 0.624. The second-order valence-electron chi connectivity index (χ2n) is 4.42. The molecule has 5 nitrogen and oxygen atoms in total. The molecule has 0 saturated carbocycles. The number of nitrogens with zero attached hydrogens (tertiary/aromatic N) is 2. The first-order valence-electron chi connectivity index (χ1n) is 6.72. The molecular weight excluding hydrogens is 252 g/mol. The molecule has 0 radical (unpaired) electrons. The molecule has 2 rings (SSSR count). The Kier molecular flexibility index (Phi) is 5.17. The molecule has 0 aliphatic heterocycles. The lowest BCUT2D eigenvalue weighted by Gasteiger charge is -2.10. The summed E-state index contributed by atoms with van der Waals surface area (Å²) in [6.07, 6.45) is 2.72. The SMILES string of the molecule is CNc1ncc(C)c(NCCCOc2ccccc2)n1. The van der Waals surface area contributed by atoms with Crippen LogP contribution in [0.2, 0.25) is 0 Å². The fourth-order valence-electron chi connectivity index (χ4n) is 1.73. The summed E-state index contributed by atoms with van der Waals surface area (Å²) >= 11 is 0. The summed E-state index contributed by atoms with van der Waals surface area (Å²) in [4.78, 5) is 8.53. The van der Waals surface area contributed by atoms with Crippen LogP contribution in [0.3, 0.4) is 0 Å². The molecule has 1 heterocycles. The first-order valence-corrected chi connectivity index (χ1v) is 6.72. The van der Waals surface area contributed by atoms with Gasteiger partial charge in [-0.3, -0.25) is 0 Å². The van der Waals surface area contributed by atoms with Crippen LogP contribution in [0.25, 0.3) is 0 Å². The average molecular weight is 272 g/mol. The molecule has 0 amide bonds. The van der Waals surface area contributed by atoms with Crippen molar-refractivity contribution < 1.29 is 4.74 Å². The lowest BCUT2D eigenvalue weighted by molar-refractivity contribution is 0.315. The third-order valence-electron chi connectivity index (χ3n) is 2.82. The molecule has 1 aromatic carbocycles. The van der Waals surface area contributed by atoms with Crippen molar-refractivity contribution in [2.45, 2.75) is 13.3 Å². The van der Waals surface area contributed by atoms with Crippen molar-refractivity contribution in [2.24, 2.45) is 0 Å². The second kappa shape index (κ2) is 7.33. The van der Waals surface area contributed by atoms with E-state index in [1.807, 2.05) is 50.5 Å². The largest absolute Gasteiger partial charge is 0.494 e. The summed E-state index contributed by atoms with van der Waals surface area (Å²) in [5.41, 5.74) is 1.04. The van der Waals surface area contributed by atoms with Gasteiger partial charge in [0.25, 0.3) is 0 Å². The quantitative estimate of drug-likeness (QED) is 0.759. The average Bonchev–Trinajstić information content (AvgIpc) is 2.50. The molecule has 0 bridgehead atoms. The van der Waals surface area contributed by atoms with E-state index in [9.17, 15) is 0 Å². The normalized spacial score (nSPS) is 10.1. The van der Waals surface area contributed by atoms with Crippen LogP contribution in [0.15, 0.2) is 36.5 Å².